The van der Waals surface area contributed by atoms with Gasteiger partial charge in [0.25, 0.3) is 20.2 Å². The Labute approximate surface area is 281 Å². The number of pyridine rings is 2. The molecule has 0 atom stereocenters. The van der Waals surface area contributed by atoms with Crippen molar-refractivity contribution in [2.45, 2.75) is 51.6 Å². The highest BCUT2D eigenvalue weighted by Gasteiger charge is 1.96. The summed E-state index contributed by atoms with van der Waals surface area (Å²) in [5, 5.41) is 3.37. The van der Waals surface area contributed by atoms with Crippen molar-refractivity contribution in [3.63, 3.8) is 0 Å². The van der Waals surface area contributed by atoms with E-state index in [1.807, 2.05) is 48.5 Å². The zero-order chi connectivity index (χ0) is 34.0. The first-order valence-corrected chi connectivity index (χ1v) is 18.9. The molecule has 2 aromatic heterocycles. The summed E-state index contributed by atoms with van der Waals surface area (Å²) in [4.78, 5) is 9.25. The van der Waals surface area contributed by atoms with Gasteiger partial charge in [0.05, 0.1) is 34.6 Å². The smallest absolute Gasteiger partial charge is 0.261 e. The van der Waals surface area contributed by atoms with Crippen molar-refractivity contribution in [2.24, 2.45) is 9.98 Å². The van der Waals surface area contributed by atoms with Gasteiger partial charge in [-0.2, -0.15) is 16.8 Å². The van der Waals surface area contributed by atoms with Gasteiger partial charge < -0.3 is 9.13 Å². The monoisotopic (exact) mass is 710 g/mol. The first-order valence-electron chi connectivity index (χ1n) is 14.4. The van der Waals surface area contributed by atoms with E-state index in [0.29, 0.717) is 12.5 Å². The van der Waals surface area contributed by atoms with E-state index in [1.54, 1.807) is 0 Å². The van der Waals surface area contributed by atoms with Crippen LogP contribution >= 0.6 is 23.2 Å². The number of hydrogen-bond acceptors (Lipinski definition) is 6. The molecular weight excluding hydrogens is 671 g/mol. The molecule has 0 aliphatic heterocycles. The average Bonchev–Trinajstić information content (AvgIpc) is 2.97. The van der Waals surface area contributed by atoms with Crippen LogP contribution in [0.5, 0.6) is 0 Å². The normalized spacial score (nSPS) is 11.0. The number of benzene rings is 2. The van der Waals surface area contributed by atoms with E-state index in [0.717, 1.165) is 45.2 Å². The summed E-state index contributed by atoms with van der Waals surface area (Å²) < 4.78 is 56.2. The number of aryl methyl sites for hydroxylation is 2. The summed E-state index contributed by atoms with van der Waals surface area (Å²) in [6, 6.07) is 23.4. The third kappa shape index (κ3) is 20.7. The van der Waals surface area contributed by atoms with Crippen LogP contribution in [0.25, 0.3) is 0 Å². The molecule has 0 bridgehead atoms. The summed E-state index contributed by atoms with van der Waals surface area (Å²) in [5.74, 6) is 0. The van der Waals surface area contributed by atoms with E-state index in [9.17, 15) is 16.8 Å². The maximum Gasteiger partial charge on any atom is 0.261 e. The molecular formula is C32H40Cl2N4O6S2. The second kappa shape index (κ2) is 20.1. The van der Waals surface area contributed by atoms with Gasteiger partial charge in [0.1, 0.15) is 0 Å². The minimum Gasteiger partial charge on any atom is -0.354 e. The molecule has 0 aliphatic rings. The second-order valence-corrected chi connectivity index (χ2v) is 14.2. The molecule has 0 amide bonds. The average molecular weight is 712 g/mol. The Bertz CT molecular complexity index is 1650. The SMILES string of the molecule is CS(=O)(=O)O.CS(=O)(=O)O.Clc1ccc(N=c2ccn(CCCCCCCCn3ccc(=Nc4ccc(Cl)cc4)cc3)cc2)cc1. The Kier molecular flexibility index (Phi) is 17.0. The Balaban J connectivity index is 0.000000642. The van der Waals surface area contributed by atoms with Gasteiger partial charge in [0, 0.05) is 47.9 Å². The molecule has 2 aromatic carbocycles. The van der Waals surface area contributed by atoms with Gasteiger partial charge >= 0.3 is 0 Å². The molecule has 10 nitrogen and oxygen atoms in total. The molecule has 0 fully saturated rings. The van der Waals surface area contributed by atoms with Crippen LogP contribution in [0.4, 0.5) is 11.4 Å². The van der Waals surface area contributed by atoms with Gasteiger partial charge in [-0.25, -0.2) is 9.98 Å². The molecule has 4 aromatic rings. The van der Waals surface area contributed by atoms with Crippen LogP contribution < -0.4 is 10.7 Å². The van der Waals surface area contributed by atoms with Crippen LogP contribution in [0.2, 0.25) is 10.0 Å². The van der Waals surface area contributed by atoms with Gasteiger partial charge in [-0.3, -0.25) is 9.11 Å². The molecule has 2 N–H and O–H groups in total. The van der Waals surface area contributed by atoms with E-state index < -0.39 is 20.2 Å². The fourth-order valence-corrected chi connectivity index (χ4v) is 4.22. The van der Waals surface area contributed by atoms with Gasteiger partial charge in [-0.05, 0) is 85.6 Å². The molecule has 2 heterocycles. The number of unbranched alkanes of at least 4 members (excludes halogenated alkanes) is 5. The fourth-order valence-electron chi connectivity index (χ4n) is 3.97. The number of halogens is 2. The van der Waals surface area contributed by atoms with E-state index in [-0.39, 0.29) is 0 Å². The molecule has 46 heavy (non-hydrogen) atoms. The third-order valence-electron chi connectivity index (χ3n) is 6.00. The molecule has 0 unspecified atom stereocenters. The largest absolute Gasteiger partial charge is 0.354 e. The summed E-state index contributed by atoms with van der Waals surface area (Å²) in [7, 11) is -7.33. The van der Waals surface area contributed by atoms with E-state index in [4.69, 9.17) is 32.3 Å². The molecule has 250 valence electrons. The van der Waals surface area contributed by atoms with Crippen molar-refractivity contribution < 1.29 is 25.9 Å². The van der Waals surface area contributed by atoms with Gasteiger partial charge in [-0.15, -0.1) is 0 Å². The summed E-state index contributed by atoms with van der Waals surface area (Å²) in [6.07, 6.45) is 17.4. The van der Waals surface area contributed by atoms with Crippen molar-refractivity contribution in [3.8, 4) is 0 Å². The summed E-state index contributed by atoms with van der Waals surface area (Å²) in [5.41, 5.74) is 1.83. The number of rotatable bonds is 11. The second-order valence-electron chi connectivity index (χ2n) is 10.4. The Hall–Kier alpha value is -3.26. The van der Waals surface area contributed by atoms with Crippen LogP contribution in [0.1, 0.15) is 38.5 Å². The number of nitrogens with zero attached hydrogens (tertiary/aromatic N) is 4. The molecule has 0 spiro atoms. The number of aromatic nitrogens is 2. The minimum atomic E-state index is -3.67. The van der Waals surface area contributed by atoms with Crippen molar-refractivity contribution >= 4 is 54.8 Å². The predicted molar refractivity (Wildman–Crippen MR) is 185 cm³/mol. The van der Waals surface area contributed by atoms with Gasteiger partial charge in [0.15, 0.2) is 0 Å². The lowest BCUT2D eigenvalue weighted by Gasteiger charge is -2.07. The molecule has 0 radical (unpaired) electrons. The van der Waals surface area contributed by atoms with Gasteiger partial charge in [0.2, 0.25) is 0 Å². The highest BCUT2D eigenvalue weighted by molar-refractivity contribution is 7.85. The van der Waals surface area contributed by atoms with Crippen LogP contribution in [0, 0.1) is 0 Å². The lowest BCUT2D eigenvalue weighted by molar-refractivity contribution is 0.488. The predicted octanol–water partition coefficient (Wildman–Crippen LogP) is 7.11. The Morgan fingerprint density at radius 3 is 1.07 bits per heavy atom. The van der Waals surface area contributed by atoms with Gasteiger partial charge in [-0.1, -0.05) is 48.9 Å². The first-order chi connectivity index (χ1) is 21.6. The lowest BCUT2D eigenvalue weighted by atomic mass is 10.1. The molecule has 14 heteroatoms. The van der Waals surface area contributed by atoms with Crippen molar-refractivity contribution in [1.82, 2.24) is 9.13 Å². The van der Waals surface area contributed by atoms with Crippen LogP contribution in [-0.4, -0.2) is 47.6 Å². The third-order valence-corrected chi connectivity index (χ3v) is 6.50. The Morgan fingerprint density at radius 2 is 0.783 bits per heavy atom. The molecule has 4 rings (SSSR count). The van der Waals surface area contributed by atoms with Crippen molar-refractivity contribution in [2.75, 3.05) is 12.5 Å². The highest BCUT2D eigenvalue weighted by atomic mass is 35.5. The Morgan fingerprint density at radius 1 is 0.522 bits per heavy atom. The first kappa shape index (κ1) is 38.9. The maximum atomic E-state index is 9.19. The minimum absolute atomic E-state index is 0.715. The zero-order valence-corrected chi connectivity index (χ0v) is 28.9. The summed E-state index contributed by atoms with van der Waals surface area (Å²) in [6.45, 7) is 2.09. The fraction of sp³-hybridized carbons (Fsp3) is 0.312. The highest BCUT2D eigenvalue weighted by Crippen LogP contribution is 2.16. The van der Waals surface area contributed by atoms with Crippen molar-refractivity contribution in [3.05, 3.63) is 118 Å². The van der Waals surface area contributed by atoms with Crippen LogP contribution in [0.15, 0.2) is 108 Å². The topological polar surface area (TPSA) is 143 Å². The van der Waals surface area contributed by atoms with E-state index in [1.165, 1.54) is 38.5 Å². The van der Waals surface area contributed by atoms with E-state index >= 15 is 0 Å². The molecule has 0 saturated carbocycles. The van der Waals surface area contributed by atoms with E-state index in [2.05, 4.69) is 68.2 Å². The standard InChI is InChI=1S/C30H32Cl2N4.2CH4O3S/c31-25-7-11-27(12-8-25)33-29-15-21-35(22-16-29)19-5-3-1-2-4-6-20-36-23-17-30(18-24-36)34-28-13-9-26(32)10-14-28;2*1-5(2,3)4/h7-18,21-24H,1-6,19-20H2;2*1H3,(H,2,3,4). The van der Waals surface area contributed by atoms with Crippen molar-refractivity contribution in [1.29, 1.82) is 0 Å². The number of hydrogen-bond donors (Lipinski definition) is 2. The van der Waals surface area contributed by atoms with Crippen LogP contribution in [0.3, 0.4) is 0 Å². The molecule has 0 saturated heterocycles. The zero-order valence-electron chi connectivity index (χ0n) is 25.8. The summed E-state index contributed by atoms with van der Waals surface area (Å²) >= 11 is 11.9. The maximum absolute atomic E-state index is 9.19. The lowest BCUT2D eigenvalue weighted by Crippen LogP contribution is -2.05. The van der Waals surface area contributed by atoms with Crippen LogP contribution in [-0.2, 0) is 33.3 Å². The quantitative estimate of drug-likeness (QED) is 0.125. The molecule has 0 aliphatic carbocycles.